The van der Waals surface area contributed by atoms with Crippen LogP contribution >= 0.6 is 0 Å². The van der Waals surface area contributed by atoms with Crippen molar-refractivity contribution in [2.75, 3.05) is 13.8 Å². The van der Waals surface area contributed by atoms with E-state index in [9.17, 15) is 4.39 Å². The quantitative estimate of drug-likeness (QED) is 0.590. The zero-order valence-corrected chi connectivity index (χ0v) is 8.76. The summed E-state index contributed by atoms with van der Waals surface area (Å²) in [5.74, 6) is 0. The zero-order valence-electron chi connectivity index (χ0n) is 7.61. The Kier molecular flexibility index (Phi) is 8.29. The fraction of sp³-hybridized carbons (Fsp3) is 1.00. The summed E-state index contributed by atoms with van der Waals surface area (Å²) in [6.45, 7) is 3.32. The summed E-state index contributed by atoms with van der Waals surface area (Å²) in [7, 11) is -0.126. The Bertz CT molecular complexity index is 71.7. The lowest BCUT2D eigenvalue weighted by atomic mass is 10.4. The molecule has 0 radical (unpaired) electrons. The van der Waals surface area contributed by atoms with E-state index in [-0.39, 0.29) is 0 Å². The zero-order chi connectivity index (χ0) is 8.53. The van der Waals surface area contributed by atoms with E-state index in [2.05, 4.69) is 6.92 Å². The minimum absolute atomic E-state index is 0.500. The van der Waals surface area contributed by atoms with E-state index in [0.29, 0.717) is 7.18 Å². The van der Waals surface area contributed by atoms with Gasteiger partial charge in [0.05, 0.1) is 7.18 Å². The van der Waals surface area contributed by atoms with Crippen LogP contribution in [-0.2, 0) is 4.43 Å². The number of halogens is 1. The van der Waals surface area contributed by atoms with E-state index in [1.165, 1.54) is 31.4 Å². The molecule has 68 valence electrons. The van der Waals surface area contributed by atoms with E-state index in [0.717, 1.165) is 6.61 Å². The molecule has 0 N–H and O–H groups in total. The highest BCUT2D eigenvalue weighted by atomic mass is 28.3. The molecule has 1 aliphatic rings. The maximum atomic E-state index is 9.50. The first-order chi connectivity index (χ1) is 5.43. The molecule has 0 aromatic carbocycles. The number of rotatable bonds is 2. The summed E-state index contributed by atoms with van der Waals surface area (Å²) >= 11 is 0. The highest BCUT2D eigenvalue weighted by molar-refractivity contribution is 6.51. The molecule has 0 aromatic rings. The summed E-state index contributed by atoms with van der Waals surface area (Å²) in [6.07, 6.45) is 4.08. The smallest absolute Gasteiger partial charge is 0.176 e. The van der Waals surface area contributed by atoms with Crippen molar-refractivity contribution in [3.8, 4) is 0 Å². The Morgan fingerprint density at radius 3 is 2.55 bits per heavy atom. The van der Waals surface area contributed by atoms with Gasteiger partial charge in [-0.25, -0.2) is 0 Å². The summed E-state index contributed by atoms with van der Waals surface area (Å²) < 4.78 is 15.2. The van der Waals surface area contributed by atoms with Gasteiger partial charge in [0.1, 0.15) is 0 Å². The molecule has 0 aromatic heterocycles. The topological polar surface area (TPSA) is 9.23 Å². The van der Waals surface area contributed by atoms with Crippen molar-refractivity contribution in [1.82, 2.24) is 0 Å². The molecular formula is C8H19FOSi. The molecule has 1 atom stereocenters. The second kappa shape index (κ2) is 8.21. The van der Waals surface area contributed by atoms with Crippen LogP contribution in [0, 0.1) is 0 Å². The molecule has 1 fully saturated rings. The Balaban J connectivity index is 0.000000461. The third-order valence-corrected chi connectivity index (χ3v) is 4.87. The van der Waals surface area contributed by atoms with E-state index in [4.69, 9.17) is 4.43 Å². The Hall–Kier alpha value is 0.107. The van der Waals surface area contributed by atoms with E-state index < -0.39 is 9.04 Å². The SMILES string of the molecule is CCC[SiH]1CCCCO1.CF. The third kappa shape index (κ3) is 5.38. The predicted molar refractivity (Wildman–Crippen MR) is 49.3 cm³/mol. The number of alkyl halides is 1. The highest BCUT2D eigenvalue weighted by Gasteiger charge is 2.13. The molecule has 1 saturated heterocycles. The Labute approximate surface area is 70.7 Å². The molecular weight excluding hydrogens is 159 g/mol. The monoisotopic (exact) mass is 178 g/mol. The minimum atomic E-state index is -0.626. The average Bonchev–Trinajstić information content (AvgIpc) is 2.11. The van der Waals surface area contributed by atoms with Crippen molar-refractivity contribution < 1.29 is 8.82 Å². The van der Waals surface area contributed by atoms with Crippen LogP contribution in [0.25, 0.3) is 0 Å². The van der Waals surface area contributed by atoms with Gasteiger partial charge in [0.2, 0.25) is 0 Å². The summed E-state index contributed by atoms with van der Waals surface area (Å²) in [6, 6.07) is 2.84. The van der Waals surface area contributed by atoms with Gasteiger partial charge in [-0.05, 0) is 18.5 Å². The van der Waals surface area contributed by atoms with Gasteiger partial charge in [-0.1, -0.05) is 19.8 Å². The summed E-state index contributed by atoms with van der Waals surface area (Å²) in [5.41, 5.74) is 0. The molecule has 3 heteroatoms. The third-order valence-electron chi connectivity index (χ3n) is 1.88. The van der Waals surface area contributed by atoms with Crippen LogP contribution in [0.4, 0.5) is 4.39 Å². The van der Waals surface area contributed by atoms with Gasteiger partial charge < -0.3 is 4.43 Å². The standard InChI is InChI=1S/C7H16OSi.CH3F/c1-2-6-9-7-4-3-5-8-9;1-2/h9H,2-7H2,1H3;1H3. The summed E-state index contributed by atoms with van der Waals surface area (Å²) in [4.78, 5) is 0. The second-order valence-corrected chi connectivity index (χ2v) is 5.51. The molecule has 11 heavy (non-hydrogen) atoms. The Morgan fingerprint density at radius 1 is 1.36 bits per heavy atom. The van der Waals surface area contributed by atoms with Crippen LogP contribution in [-0.4, -0.2) is 22.8 Å². The largest absolute Gasteiger partial charge is 0.420 e. The maximum Gasteiger partial charge on any atom is 0.176 e. The molecule has 0 saturated carbocycles. The molecule has 1 aliphatic heterocycles. The fourth-order valence-electron chi connectivity index (χ4n) is 1.36. The number of hydrogen-bond acceptors (Lipinski definition) is 1. The summed E-state index contributed by atoms with van der Waals surface area (Å²) in [5, 5.41) is 0. The normalized spacial score (nSPS) is 23.7. The van der Waals surface area contributed by atoms with Gasteiger partial charge in [-0.15, -0.1) is 0 Å². The first-order valence-electron chi connectivity index (χ1n) is 4.43. The van der Waals surface area contributed by atoms with Crippen LogP contribution in [0.2, 0.25) is 12.1 Å². The average molecular weight is 178 g/mol. The molecule has 1 unspecified atom stereocenters. The fourth-order valence-corrected chi connectivity index (χ4v) is 3.87. The lowest BCUT2D eigenvalue weighted by molar-refractivity contribution is 0.286. The maximum absolute atomic E-state index is 9.50. The van der Waals surface area contributed by atoms with Gasteiger partial charge in [0, 0.05) is 6.61 Å². The van der Waals surface area contributed by atoms with Crippen LogP contribution in [0.15, 0.2) is 0 Å². The molecule has 1 rings (SSSR count). The first kappa shape index (κ1) is 11.1. The van der Waals surface area contributed by atoms with Gasteiger partial charge in [0.15, 0.2) is 9.04 Å². The second-order valence-electron chi connectivity index (χ2n) is 2.78. The molecule has 1 heterocycles. The van der Waals surface area contributed by atoms with Crippen LogP contribution in [0.5, 0.6) is 0 Å². The predicted octanol–water partition coefficient (Wildman–Crippen LogP) is 2.52. The van der Waals surface area contributed by atoms with E-state index in [1.807, 2.05) is 0 Å². The number of hydrogen-bond donors (Lipinski definition) is 0. The highest BCUT2D eigenvalue weighted by Crippen LogP contribution is 2.14. The van der Waals surface area contributed by atoms with Gasteiger partial charge >= 0.3 is 0 Å². The molecule has 0 aliphatic carbocycles. The molecule has 0 bridgehead atoms. The van der Waals surface area contributed by atoms with Gasteiger partial charge in [-0.3, -0.25) is 4.39 Å². The van der Waals surface area contributed by atoms with Crippen molar-refractivity contribution in [1.29, 1.82) is 0 Å². The van der Waals surface area contributed by atoms with Crippen LogP contribution in [0.1, 0.15) is 26.2 Å². The lowest BCUT2D eigenvalue weighted by Crippen LogP contribution is -2.22. The molecule has 1 nitrogen and oxygen atoms in total. The van der Waals surface area contributed by atoms with Crippen molar-refractivity contribution in [2.24, 2.45) is 0 Å². The minimum Gasteiger partial charge on any atom is -0.420 e. The lowest BCUT2D eigenvalue weighted by Gasteiger charge is -2.19. The van der Waals surface area contributed by atoms with Crippen molar-refractivity contribution in [2.45, 2.75) is 38.3 Å². The van der Waals surface area contributed by atoms with Crippen molar-refractivity contribution >= 4 is 9.04 Å². The van der Waals surface area contributed by atoms with Crippen molar-refractivity contribution in [3.05, 3.63) is 0 Å². The van der Waals surface area contributed by atoms with Gasteiger partial charge in [0.25, 0.3) is 0 Å². The van der Waals surface area contributed by atoms with E-state index >= 15 is 0 Å². The Morgan fingerprint density at radius 2 is 2.09 bits per heavy atom. The van der Waals surface area contributed by atoms with Gasteiger partial charge in [-0.2, -0.15) is 0 Å². The van der Waals surface area contributed by atoms with Crippen LogP contribution < -0.4 is 0 Å². The first-order valence-corrected chi connectivity index (χ1v) is 6.53. The van der Waals surface area contributed by atoms with Crippen molar-refractivity contribution in [3.63, 3.8) is 0 Å². The molecule has 0 spiro atoms. The van der Waals surface area contributed by atoms with Crippen LogP contribution in [0.3, 0.4) is 0 Å². The molecule has 0 amide bonds. The van der Waals surface area contributed by atoms with E-state index in [1.54, 1.807) is 0 Å².